The average molecular weight is 220 g/mol. The van der Waals surface area contributed by atoms with Crippen LogP contribution in [-0.2, 0) is 0 Å². The molecule has 0 saturated heterocycles. The number of hydrogen-bond acceptors (Lipinski definition) is 1. The van der Waals surface area contributed by atoms with Crippen LogP contribution in [0.2, 0.25) is 0 Å². The van der Waals surface area contributed by atoms with Crippen LogP contribution in [0.3, 0.4) is 0 Å². The highest BCUT2D eigenvalue weighted by atomic mass is 16.5. The van der Waals surface area contributed by atoms with Gasteiger partial charge in [-0.3, -0.25) is 0 Å². The number of hydrogen-bond donors (Lipinski definition) is 0. The third-order valence-electron chi connectivity index (χ3n) is 3.53. The summed E-state index contributed by atoms with van der Waals surface area (Å²) in [6.07, 6.45) is 0. The number of nitrogens with zero attached hydrogens (tertiary/aromatic N) is 2. The van der Waals surface area contributed by atoms with Crippen molar-refractivity contribution in [2.24, 2.45) is 0 Å². The molecule has 2 heterocycles. The Kier molecular flexibility index (Phi) is 1.05. The van der Waals surface area contributed by atoms with E-state index in [0.29, 0.717) is 0 Å². The number of benzene rings is 2. The molecular weight excluding hydrogens is 212 g/mol. The Balaban J connectivity index is 2.13. The van der Waals surface area contributed by atoms with Gasteiger partial charge in [0.2, 0.25) is 0 Å². The van der Waals surface area contributed by atoms with Gasteiger partial charge < -0.3 is 4.52 Å². The normalized spacial score (nSPS) is 12.7. The first-order chi connectivity index (χ1) is 8.45. The van der Waals surface area contributed by atoms with Crippen molar-refractivity contribution >= 4 is 32.9 Å². The maximum Gasteiger partial charge on any atom is 0.192 e. The monoisotopic (exact) mass is 220 g/mol. The summed E-state index contributed by atoms with van der Waals surface area (Å²) in [5.74, 6) is 0. The highest BCUT2D eigenvalue weighted by Gasteiger charge is 2.22. The molecule has 80 valence electrons. The summed E-state index contributed by atoms with van der Waals surface area (Å²) in [6.45, 7) is 0. The Morgan fingerprint density at radius 1 is 0.765 bits per heavy atom. The van der Waals surface area contributed by atoms with Crippen LogP contribution >= 0.6 is 0 Å². The van der Waals surface area contributed by atoms with Crippen molar-refractivity contribution in [2.75, 3.05) is 0 Å². The first-order valence-electron chi connectivity index (χ1n) is 5.66. The van der Waals surface area contributed by atoms with Gasteiger partial charge in [0.25, 0.3) is 0 Å². The molecule has 0 aliphatic rings. The summed E-state index contributed by atoms with van der Waals surface area (Å²) in [4.78, 5) is 0. The first kappa shape index (κ1) is 7.79. The largest absolute Gasteiger partial charge is 0.356 e. The molecule has 0 N–H and O–H groups in total. The van der Waals surface area contributed by atoms with E-state index in [1.54, 1.807) is 0 Å². The zero-order chi connectivity index (χ0) is 11.0. The van der Waals surface area contributed by atoms with Gasteiger partial charge in [-0.15, -0.1) is 4.69 Å². The van der Waals surface area contributed by atoms with Gasteiger partial charge in [0.1, 0.15) is 11.0 Å². The summed E-state index contributed by atoms with van der Waals surface area (Å²) in [7, 11) is 0. The lowest BCUT2D eigenvalue weighted by atomic mass is 10.0. The van der Waals surface area contributed by atoms with Gasteiger partial charge in [-0.25, -0.2) is 4.52 Å². The van der Waals surface area contributed by atoms with Crippen LogP contribution in [0.4, 0.5) is 0 Å². The molecule has 3 nitrogen and oxygen atoms in total. The van der Waals surface area contributed by atoms with Crippen molar-refractivity contribution in [1.82, 2.24) is 9.20 Å². The highest BCUT2D eigenvalue weighted by Crippen LogP contribution is 2.38. The molecule has 0 atom stereocenters. The Bertz CT molecular complexity index is 904. The number of aromatic nitrogens is 2. The smallest absolute Gasteiger partial charge is 0.192 e. The highest BCUT2D eigenvalue weighted by molar-refractivity contribution is 6.21. The maximum atomic E-state index is 5.85. The fraction of sp³-hybridized carbons (Fsp3) is 0. The quantitative estimate of drug-likeness (QED) is 0.391. The molecule has 17 heavy (non-hydrogen) atoms. The van der Waals surface area contributed by atoms with Gasteiger partial charge in [-0.1, -0.05) is 36.4 Å². The summed E-state index contributed by atoms with van der Waals surface area (Å²) in [6, 6.07) is 16.6. The van der Waals surface area contributed by atoms with Gasteiger partial charge in [-0.05, 0) is 12.1 Å². The minimum absolute atomic E-state index is 0.997. The van der Waals surface area contributed by atoms with Crippen LogP contribution in [0.15, 0.2) is 53.1 Å². The molecule has 0 aliphatic heterocycles. The van der Waals surface area contributed by atoms with Crippen molar-refractivity contribution in [3.05, 3.63) is 48.5 Å². The van der Waals surface area contributed by atoms with Crippen LogP contribution in [0.5, 0.6) is 0 Å². The zero-order valence-corrected chi connectivity index (χ0v) is 8.92. The molecule has 0 unspecified atom stereocenters. The standard InChI is InChI=1S/C14H8N2O/c1-2-6-10-9(5-1)13-14(10)17-16-12-8-4-3-7-11(12)15(13)16/h1-8H. The summed E-state index contributed by atoms with van der Waals surface area (Å²) >= 11 is 0. The van der Waals surface area contributed by atoms with E-state index in [-0.39, 0.29) is 0 Å². The fourth-order valence-electron chi connectivity index (χ4n) is 2.73. The molecule has 5 aromatic rings. The van der Waals surface area contributed by atoms with Gasteiger partial charge in [-0.2, -0.15) is 0 Å². The van der Waals surface area contributed by atoms with E-state index < -0.39 is 0 Å². The second kappa shape index (κ2) is 2.30. The molecule has 5 rings (SSSR count). The molecule has 0 fully saturated rings. The van der Waals surface area contributed by atoms with Gasteiger partial charge in [0, 0.05) is 10.8 Å². The molecule has 0 bridgehead atoms. The molecule has 2 aromatic heterocycles. The lowest BCUT2D eigenvalue weighted by molar-refractivity contribution is 0.355. The minimum Gasteiger partial charge on any atom is -0.356 e. The fourth-order valence-corrected chi connectivity index (χ4v) is 2.73. The molecule has 0 radical (unpaired) electrons. The second-order valence-electron chi connectivity index (χ2n) is 4.39. The van der Waals surface area contributed by atoms with Crippen LogP contribution in [-0.4, -0.2) is 9.20 Å². The Hall–Kier alpha value is -2.42. The van der Waals surface area contributed by atoms with Crippen molar-refractivity contribution in [3.8, 4) is 0 Å². The predicted molar refractivity (Wildman–Crippen MR) is 66.8 cm³/mol. The Labute approximate surface area is 95.7 Å². The van der Waals surface area contributed by atoms with E-state index in [4.69, 9.17) is 4.52 Å². The van der Waals surface area contributed by atoms with E-state index >= 15 is 0 Å². The lowest BCUT2D eigenvalue weighted by Gasteiger charge is -2.09. The van der Waals surface area contributed by atoms with Crippen LogP contribution in [0.1, 0.15) is 0 Å². The SMILES string of the molecule is c1ccc2c(c1)c1on3c4ccccc4n3c21. The number of fused-ring (bicyclic) bond motifs is 9. The molecule has 3 aromatic carbocycles. The Morgan fingerprint density at radius 3 is 2.35 bits per heavy atom. The van der Waals surface area contributed by atoms with Crippen LogP contribution < -0.4 is 0 Å². The zero-order valence-electron chi connectivity index (χ0n) is 8.92. The number of para-hydroxylation sites is 2. The second-order valence-corrected chi connectivity index (χ2v) is 4.39. The van der Waals surface area contributed by atoms with Gasteiger partial charge >= 0.3 is 0 Å². The summed E-state index contributed by atoms with van der Waals surface area (Å²) in [5, 5.41) is 2.49. The third kappa shape index (κ3) is 0.684. The summed E-state index contributed by atoms with van der Waals surface area (Å²) < 4.78 is 9.84. The molecule has 0 aliphatic carbocycles. The van der Waals surface area contributed by atoms with Crippen LogP contribution in [0, 0.1) is 0 Å². The van der Waals surface area contributed by atoms with E-state index in [1.165, 1.54) is 21.8 Å². The lowest BCUT2D eigenvalue weighted by Crippen LogP contribution is -2.05. The maximum absolute atomic E-state index is 5.85. The van der Waals surface area contributed by atoms with Crippen LogP contribution in [0.25, 0.3) is 32.9 Å². The summed E-state index contributed by atoms with van der Waals surface area (Å²) in [5.41, 5.74) is 4.54. The van der Waals surface area contributed by atoms with E-state index in [0.717, 1.165) is 11.1 Å². The van der Waals surface area contributed by atoms with E-state index in [2.05, 4.69) is 40.9 Å². The predicted octanol–water partition coefficient (Wildman–Crippen LogP) is 3.53. The molecule has 3 heteroatoms. The van der Waals surface area contributed by atoms with Gasteiger partial charge in [0.05, 0.1) is 5.52 Å². The minimum atomic E-state index is 0.997. The average Bonchev–Trinajstić information content (AvgIpc) is 2.65. The van der Waals surface area contributed by atoms with E-state index in [1.807, 2.05) is 16.8 Å². The topological polar surface area (TPSA) is 22.0 Å². The molecule has 0 saturated carbocycles. The Morgan fingerprint density at radius 2 is 1.47 bits per heavy atom. The van der Waals surface area contributed by atoms with Crippen molar-refractivity contribution in [3.63, 3.8) is 0 Å². The van der Waals surface area contributed by atoms with Crippen molar-refractivity contribution < 1.29 is 4.52 Å². The molecule has 0 amide bonds. The van der Waals surface area contributed by atoms with E-state index in [9.17, 15) is 0 Å². The van der Waals surface area contributed by atoms with Gasteiger partial charge in [0.15, 0.2) is 5.58 Å². The molecular formula is C14H8N2O. The molecule has 0 spiro atoms. The first-order valence-corrected chi connectivity index (χ1v) is 5.66. The van der Waals surface area contributed by atoms with Crippen molar-refractivity contribution in [2.45, 2.75) is 0 Å². The third-order valence-corrected chi connectivity index (χ3v) is 3.53. The van der Waals surface area contributed by atoms with Crippen molar-refractivity contribution in [1.29, 1.82) is 0 Å². The number of rotatable bonds is 0.